The smallest absolute Gasteiger partial charge is 0.309 e. The summed E-state index contributed by atoms with van der Waals surface area (Å²) in [7, 11) is 0. The third kappa shape index (κ3) is 4.89. The summed E-state index contributed by atoms with van der Waals surface area (Å²) in [5.41, 5.74) is 8.28. The van der Waals surface area contributed by atoms with Crippen molar-refractivity contribution in [2.45, 2.75) is 6.42 Å². The molecule has 0 aromatic heterocycles. The Kier molecular flexibility index (Phi) is 5.81. The van der Waals surface area contributed by atoms with Gasteiger partial charge >= 0.3 is 5.97 Å². The lowest BCUT2D eigenvalue weighted by molar-refractivity contribution is -0.136. The third-order valence-electron chi connectivity index (χ3n) is 3.31. The van der Waals surface area contributed by atoms with E-state index < -0.39 is 5.97 Å². The average molecular weight is 318 g/mol. The van der Waals surface area contributed by atoms with Gasteiger partial charge in [0, 0.05) is 30.5 Å². The van der Waals surface area contributed by atoms with E-state index in [1.165, 1.54) is 6.20 Å². The summed E-state index contributed by atoms with van der Waals surface area (Å²) in [4.78, 5) is 24.6. The molecule has 2 rings (SSSR count). The van der Waals surface area contributed by atoms with Gasteiger partial charge in [0.2, 0.25) is 0 Å². The highest BCUT2D eigenvalue weighted by Gasteiger charge is 2.18. The second-order valence-electron chi connectivity index (χ2n) is 4.94. The maximum Gasteiger partial charge on any atom is 0.309 e. The minimum Gasteiger partial charge on any atom is -0.481 e. The largest absolute Gasteiger partial charge is 0.481 e. The van der Waals surface area contributed by atoms with Crippen molar-refractivity contribution < 1.29 is 19.4 Å². The van der Waals surface area contributed by atoms with Crippen LogP contribution in [0.4, 0.5) is 5.69 Å². The summed E-state index contributed by atoms with van der Waals surface area (Å²) in [5, 5.41) is 14.7. The van der Waals surface area contributed by atoms with E-state index in [9.17, 15) is 9.59 Å². The molecule has 1 heterocycles. The van der Waals surface area contributed by atoms with Gasteiger partial charge in [-0.1, -0.05) is 0 Å². The molecule has 1 aliphatic heterocycles. The van der Waals surface area contributed by atoms with Crippen LogP contribution in [0.5, 0.6) is 0 Å². The Bertz CT molecular complexity index is 606. The molecule has 1 fully saturated rings. The Morgan fingerprint density at radius 3 is 2.52 bits per heavy atom. The van der Waals surface area contributed by atoms with Crippen molar-refractivity contribution in [1.82, 2.24) is 4.90 Å². The van der Waals surface area contributed by atoms with Crippen LogP contribution in [0.3, 0.4) is 0 Å². The Morgan fingerprint density at radius 1 is 1.30 bits per heavy atom. The number of nitrogens with zero attached hydrogens (tertiary/aromatic N) is 2. The number of benzene rings is 1. The fourth-order valence-corrected chi connectivity index (χ4v) is 2.10. The maximum absolute atomic E-state index is 12.3. The molecule has 1 saturated heterocycles. The summed E-state index contributed by atoms with van der Waals surface area (Å²) < 4.78 is 5.22. The van der Waals surface area contributed by atoms with Crippen LogP contribution in [0.2, 0.25) is 0 Å². The summed E-state index contributed by atoms with van der Waals surface area (Å²) >= 11 is 0. The molecule has 3 N–H and O–H groups in total. The van der Waals surface area contributed by atoms with Crippen LogP contribution in [-0.4, -0.2) is 48.2 Å². The molecule has 1 aliphatic rings. The number of hydrogen-bond acceptors (Lipinski definition) is 6. The number of morpholine rings is 1. The number of anilines is 1. The van der Waals surface area contributed by atoms with Crippen molar-refractivity contribution in [3.63, 3.8) is 0 Å². The Balaban J connectivity index is 1.98. The first-order chi connectivity index (χ1) is 11.1. The number of ether oxygens (including phenoxy) is 1. The summed E-state index contributed by atoms with van der Waals surface area (Å²) in [6, 6.07) is 6.82. The quantitative estimate of drug-likeness (QED) is 0.693. The molecule has 0 saturated carbocycles. The minimum atomic E-state index is -1.06. The van der Waals surface area contributed by atoms with Gasteiger partial charge in [0.15, 0.2) is 0 Å². The van der Waals surface area contributed by atoms with Gasteiger partial charge in [-0.05, 0) is 24.3 Å². The van der Waals surface area contributed by atoms with Crippen LogP contribution in [-0.2, 0) is 9.53 Å². The van der Waals surface area contributed by atoms with Crippen LogP contribution in [0, 0.1) is 5.53 Å². The zero-order valence-corrected chi connectivity index (χ0v) is 12.5. The zero-order valence-electron chi connectivity index (χ0n) is 12.5. The van der Waals surface area contributed by atoms with E-state index in [2.05, 4.69) is 10.4 Å². The van der Waals surface area contributed by atoms with Crippen molar-refractivity contribution >= 4 is 17.6 Å². The van der Waals surface area contributed by atoms with Gasteiger partial charge in [-0.3, -0.25) is 9.59 Å². The minimum absolute atomic E-state index is 0.0388. The fraction of sp³-hybridized carbons (Fsp3) is 0.333. The predicted octanol–water partition coefficient (Wildman–Crippen LogP) is 1.92. The second-order valence-corrected chi connectivity index (χ2v) is 4.94. The first-order valence-electron chi connectivity index (χ1n) is 7.12. The van der Waals surface area contributed by atoms with Crippen LogP contribution in [0.1, 0.15) is 16.8 Å². The normalized spacial score (nSPS) is 15.1. The lowest BCUT2D eigenvalue weighted by Crippen LogP contribution is -2.40. The lowest BCUT2D eigenvalue weighted by Gasteiger charge is -2.26. The standard InChI is InChI=1S/C15H18N4O4/c16-18-13(9-14(20)21)10-17-12-3-1-11(2-4-12)15(22)19-5-7-23-8-6-19/h1-4,10,16-17H,5-9H2,(H,20,21)/b13-10-,18-16?. The van der Waals surface area contributed by atoms with E-state index in [1.54, 1.807) is 29.2 Å². The average Bonchev–Trinajstić information content (AvgIpc) is 2.59. The van der Waals surface area contributed by atoms with Gasteiger partial charge in [0.1, 0.15) is 0 Å². The molecule has 0 aliphatic carbocycles. The van der Waals surface area contributed by atoms with Gasteiger partial charge < -0.3 is 20.1 Å². The fourth-order valence-electron chi connectivity index (χ4n) is 2.10. The van der Waals surface area contributed by atoms with Crippen LogP contribution in [0.15, 0.2) is 41.3 Å². The number of rotatable bonds is 6. The van der Waals surface area contributed by atoms with E-state index in [4.69, 9.17) is 15.4 Å². The topological polar surface area (TPSA) is 115 Å². The Morgan fingerprint density at radius 2 is 1.96 bits per heavy atom. The Hall–Kier alpha value is -2.74. The number of carbonyl (C=O) groups is 2. The molecule has 0 unspecified atom stereocenters. The highest BCUT2D eigenvalue weighted by molar-refractivity contribution is 5.94. The number of carboxylic acid groups (broad SMARTS) is 1. The SMILES string of the molecule is N=N/C(=C\Nc1ccc(C(=O)N2CCOCC2)cc1)CC(=O)O. The lowest BCUT2D eigenvalue weighted by atomic mass is 10.1. The number of carbonyl (C=O) groups excluding carboxylic acids is 1. The van der Waals surface area contributed by atoms with Crippen molar-refractivity contribution in [2.75, 3.05) is 31.6 Å². The molecule has 1 amide bonds. The van der Waals surface area contributed by atoms with E-state index >= 15 is 0 Å². The van der Waals surface area contributed by atoms with Crippen molar-refractivity contribution in [1.29, 1.82) is 5.53 Å². The van der Waals surface area contributed by atoms with Gasteiger partial charge in [-0.2, -0.15) is 5.11 Å². The van der Waals surface area contributed by atoms with Gasteiger partial charge in [0.05, 0.1) is 25.3 Å². The van der Waals surface area contributed by atoms with Gasteiger partial charge in [0.25, 0.3) is 5.91 Å². The van der Waals surface area contributed by atoms with Crippen LogP contribution >= 0.6 is 0 Å². The van der Waals surface area contributed by atoms with E-state index in [0.29, 0.717) is 37.6 Å². The monoisotopic (exact) mass is 318 g/mol. The van der Waals surface area contributed by atoms with E-state index in [0.717, 1.165) is 0 Å². The third-order valence-corrected chi connectivity index (χ3v) is 3.31. The molecule has 23 heavy (non-hydrogen) atoms. The zero-order chi connectivity index (χ0) is 16.7. The summed E-state index contributed by atoms with van der Waals surface area (Å²) in [6.07, 6.45) is 1.03. The molecule has 122 valence electrons. The molecule has 8 heteroatoms. The Labute approximate surface area is 133 Å². The van der Waals surface area contributed by atoms with Crippen molar-refractivity contribution in [2.24, 2.45) is 5.11 Å². The van der Waals surface area contributed by atoms with Crippen LogP contribution in [0.25, 0.3) is 0 Å². The van der Waals surface area contributed by atoms with Crippen molar-refractivity contribution in [3.8, 4) is 0 Å². The van der Waals surface area contributed by atoms with Crippen molar-refractivity contribution in [3.05, 3.63) is 41.7 Å². The number of aliphatic carboxylic acids is 1. The van der Waals surface area contributed by atoms with E-state index in [-0.39, 0.29) is 18.0 Å². The number of amides is 1. The number of hydrogen-bond donors (Lipinski definition) is 3. The first-order valence-corrected chi connectivity index (χ1v) is 7.12. The molecule has 0 atom stereocenters. The second kappa shape index (κ2) is 8.04. The summed E-state index contributed by atoms with van der Waals surface area (Å²) in [5.74, 6) is -1.09. The van der Waals surface area contributed by atoms with Gasteiger partial charge in [-0.25, -0.2) is 5.53 Å². The highest BCUT2D eigenvalue weighted by atomic mass is 16.5. The van der Waals surface area contributed by atoms with Crippen LogP contribution < -0.4 is 5.32 Å². The highest BCUT2D eigenvalue weighted by Crippen LogP contribution is 2.14. The first kappa shape index (κ1) is 16.6. The number of carboxylic acids is 1. The van der Waals surface area contributed by atoms with Gasteiger partial charge in [-0.15, -0.1) is 0 Å². The molecule has 1 aromatic rings. The maximum atomic E-state index is 12.3. The number of nitrogens with one attached hydrogen (secondary N) is 2. The molecule has 8 nitrogen and oxygen atoms in total. The molecule has 0 bridgehead atoms. The predicted molar refractivity (Wildman–Crippen MR) is 82.3 cm³/mol. The molecule has 1 aromatic carbocycles. The van der Waals surface area contributed by atoms with E-state index in [1.807, 2.05) is 0 Å². The molecular formula is C15H18N4O4. The molecule has 0 radical (unpaired) electrons. The molecular weight excluding hydrogens is 300 g/mol. The summed E-state index contributed by atoms with van der Waals surface area (Å²) in [6.45, 7) is 2.29. The molecule has 0 spiro atoms.